The average Bonchev–Trinajstić information content (AvgIpc) is 3.24. The highest BCUT2D eigenvalue weighted by Crippen LogP contribution is 2.47. The summed E-state index contributed by atoms with van der Waals surface area (Å²) in [6.07, 6.45) is 3.98. The fraction of sp³-hybridized carbons (Fsp3) is 0.684. The highest BCUT2D eigenvalue weighted by Gasteiger charge is 2.41. The molecule has 1 aliphatic rings. The van der Waals surface area contributed by atoms with Crippen molar-refractivity contribution in [3.05, 3.63) is 34.4 Å². The monoisotopic (exact) mass is 289 g/mol. The van der Waals surface area contributed by atoms with Crippen LogP contribution in [0, 0.1) is 32.1 Å². The van der Waals surface area contributed by atoms with Crippen LogP contribution in [0.1, 0.15) is 42.0 Å². The van der Waals surface area contributed by atoms with E-state index >= 15 is 0 Å². The first-order chi connectivity index (χ1) is 9.96. The Morgan fingerprint density at radius 3 is 2.33 bits per heavy atom. The molecule has 1 saturated carbocycles. The topological polar surface area (TPSA) is 21.3 Å². The van der Waals surface area contributed by atoms with Gasteiger partial charge in [-0.2, -0.15) is 0 Å². The molecule has 0 heterocycles. The summed E-state index contributed by atoms with van der Waals surface area (Å²) in [6.45, 7) is 12.0. The summed E-state index contributed by atoms with van der Waals surface area (Å²) < 4.78 is 5.14. The van der Waals surface area contributed by atoms with Gasteiger partial charge in [0.15, 0.2) is 0 Å². The van der Waals surface area contributed by atoms with Gasteiger partial charge in [0.1, 0.15) is 0 Å². The minimum absolute atomic E-state index is 0.374. The predicted octanol–water partition coefficient (Wildman–Crippen LogP) is 3.81. The summed E-state index contributed by atoms with van der Waals surface area (Å²) in [5.41, 5.74) is 6.22. The fourth-order valence-corrected chi connectivity index (χ4v) is 3.57. The van der Waals surface area contributed by atoms with Crippen molar-refractivity contribution in [2.75, 3.05) is 26.8 Å². The zero-order valence-corrected chi connectivity index (χ0v) is 14.4. The van der Waals surface area contributed by atoms with Crippen molar-refractivity contribution in [3.63, 3.8) is 0 Å². The first kappa shape index (κ1) is 16.5. The van der Waals surface area contributed by atoms with Crippen molar-refractivity contribution >= 4 is 0 Å². The molecule has 0 bridgehead atoms. The van der Waals surface area contributed by atoms with Crippen LogP contribution in [0.25, 0.3) is 0 Å². The number of nitrogens with one attached hydrogen (secondary N) is 1. The van der Waals surface area contributed by atoms with Crippen LogP contribution in [-0.4, -0.2) is 26.8 Å². The number of rotatable bonds is 8. The standard InChI is InChI=1S/C19H31NO/c1-14-10-15(2)18(16(3)11-14)12-19(4,17-6-7-17)13-20-8-9-21-5/h10-11,17,20H,6-9,12-13H2,1-5H3. The second-order valence-electron chi connectivity index (χ2n) is 7.15. The molecule has 0 saturated heterocycles. The Hall–Kier alpha value is -0.860. The third-order valence-corrected chi connectivity index (χ3v) is 5.00. The molecule has 2 heteroatoms. The molecular weight excluding hydrogens is 258 g/mol. The highest BCUT2D eigenvalue weighted by molar-refractivity contribution is 5.38. The van der Waals surface area contributed by atoms with Gasteiger partial charge in [-0.15, -0.1) is 0 Å². The van der Waals surface area contributed by atoms with Gasteiger partial charge in [-0.25, -0.2) is 0 Å². The maximum absolute atomic E-state index is 5.14. The van der Waals surface area contributed by atoms with Crippen molar-refractivity contribution in [3.8, 4) is 0 Å². The minimum atomic E-state index is 0.374. The maximum Gasteiger partial charge on any atom is 0.0587 e. The Balaban J connectivity index is 2.09. The van der Waals surface area contributed by atoms with Gasteiger partial charge in [-0.3, -0.25) is 0 Å². The second kappa shape index (κ2) is 6.93. The molecule has 1 aliphatic carbocycles. The van der Waals surface area contributed by atoms with Crippen LogP contribution in [0.2, 0.25) is 0 Å². The molecule has 0 radical (unpaired) electrons. The quantitative estimate of drug-likeness (QED) is 0.735. The lowest BCUT2D eigenvalue weighted by atomic mass is 9.76. The van der Waals surface area contributed by atoms with Crippen LogP contribution in [0.5, 0.6) is 0 Å². The molecule has 2 rings (SSSR count). The number of hydrogen-bond donors (Lipinski definition) is 1. The zero-order chi connectivity index (χ0) is 15.5. The number of ether oxygens (including phenoxy) is 1. The third-order valence-electron chi connectivity index (χ3n) is 5.00. The van der Waals surface area contributed by atoms with E-state index in [4.69, 9.17) is 4.74 Å². The van der Waals surface area contributed by atoms with E-state index in [1.54, 1.807) is 12.7 Å². The summed E-state index contributed by atoms with van der Waals surface area (Å²) in [7, 11) is 1.76. The summed E-state index contributed by atoms with van der Waals surface area (Å²) in [5.74, 6) is 0.882. The number of hydrogen-bond acceptors (Lipinski definition) is 2. The molecule has 1 unspecified atom stereocenters. The van der Waals surface area contributed by atoms with Crippen LogP contribution in [0.3, 0.4) is 0 Å². The zero-order valence-electron chi connectivity index (χ0n) is 14.4. The van der Waals surface area contributed by atoms with E-state index in [0.717, 1.165) is 25.6 Å². The Kier molecular flexibility index (Phi) is 5.45. The van der Waals surface area contributed by atoms with Crippen molar-refractivity contribution < 1.29 is 4.74 Å². The van der Waals surface area contributed by atoms with Crippen LogP contribution in [0.4, 0.5) is 0 Å². The van der Waals surface area contributed by atoms with Crippen molar-refractivity contribution in [2.24, 2.45) is 11.3 Å². The predicted molar refractivity (Wildman–Crippen MR) is 89.9 cm³/mol. The summed E-state index contributed by atoms with van der Waals surface area (Å²) >= 11 is 0. The Labute approximate surface area is 130 Å². The smallest absolute Gasteiger partial charge is 0.0587 e. The molecule has 0 aromatic heterocycles. The third kappa shape index (κ3) is 4.31. The molecule has 0 aliphatic heterocycles. The lowest BCUT2D eigenvalue weighted by molar-refractivity contribution is 0.187. The molecule has 1 aromatic rings. The van der Waals surface area contributed by atoms with E-state index in [-0.39, 0.29) is 0 Å². The van der Waals surface area contributed by atoms with Gasteiger partial charge in [-0.05, 0) is 68.1 Å². The van der Waals surface area contributed by atoms with Crippen LogP contribution < -0.4 is 5.32 Å². The van der Waals surface area contributed by atoms with Crippen molar-refractivity contribution in [1.29, 1.82) is 0 Å². The van der Waals surface area contributed by atoms with E-state index in [2.05, 4.69) is 45.1 Å². The van der Waals surface area contributed by atoms with Gasteiger partial charge in [-0.1, -0.05) is 24.6 Å². The number of methoxy groups -OCH3 is 1. The summed E-state index contributed by atoms with van der Waals surface area (Å²) in [6, 6.07) is 4.65. The lowest BCUT2D eigenvalue weighted by Crippen LogP contribution is -2.37. The van der Waals surface area contributed by atoms with Gasteiger partial charge in [0, 0.05) is 20.2 Å². The first-order valence-corrected chi connectivity index (χ1v) is 8.22. The van der Waals surface area contributed by atoms with E-state index in [1.165, 1.54) is 36.0 Å². The Morgan fingerprint density at radius 2 is 1.81 bits per heavy atom. The number of benzene rings is 1. The molecule has 118 valence electrons. The highest BCUT2D eigenvalue weighted by atomic mass is 16.5. The fourth-order valence-electron chi connectivity index (χ4n) is 3.57. The average molecular weight is 289 g/mol. The van der Waals surface area contributed by atoms with Crippen LogP contribution in [-0.2, 0) is 11.2 Å². The normalized spacial score (nSPS) is 17.8. The van der Waals surface area contributed by atoms with Crippen LogP contribution in [0.15, 0.2) is 12.1 Å². The summed E-state index contributed by atoms with van der Waals surface area (Å²) in [5, 5.41) is 3.59. The first-order valence-electron chi connectivity index (χ1n) is 8.22. The van der Waals surface area contributed by atoms with Crippen molar-refractivity contribution in [2.45, 2.75) is 47.0 Å². The molecule has 21 heavy (non-hydrogen) atoms. The molecule has 1 atom stereocenters. The van der Waals surface area contributed by atoms with E-state index < -0.39 is 0 Å². The Morgan fingerprint density at radius 1 is 1.19 bits per heavy atom. The SMILES string of the molecule is COCCNCC(C)(Cc1c(C)cc(C)cc1C)C1CC1. The van der Waals surface area contributed by atoms with E-state index in [9.17, 15) is 0 Å². The van der Waals surface area contributed by atoms with Gasteiger partial charge < -0.3 is 10.1 Å². The van der Waals surface area contributed by atoms with Crippen molar-refractivity contribution in [1.82, 2.24) is 5.32 Å². The molecule has 0 amide bonds. The van der Waals surface area contributed by atoms with E-state index in [1.807, 2.05) is 0 Å². The Bertz CT molecular complexity index is 455. The molecule has 1 aromatic carbocycles. The molecule has 0 spiro atoms. The maximum atomic E-state index is 5.14. The van der Waals surface area contributed by atoms with Crippen LogP contribution >= 0.6 is 0 Å². The summed E-state index contributed by atoms with van der Waals surface area (Å²) in [4.78, 5) is 0. The molecule has 2 nitrogen and oxygen atoms in total. The molecular formula is C19H31NO. The molecule has 1 N–H and O–H groups in total. The number of aryl methyl sites for hydroxylation is 3. The molecule has 1 fully saturated rings. The van der Waals surface area contributed by atoms with Gasteiger partial charge in [0.2, 0.25) is 0 Å². The van der Waals surface area contributed by atoms with Gasteiger partial charge >= 0.3 is 0 Å². The second-order valence-corrected chi connectivity index (χ2v) is 7.15. The minimum Gasteiger partial charge on any atom is -0.383 e. The van der Waals surface area contributed by atoms with Gasteiger partial charge in [0.25, 0.3) is 0 Å². The van der Waals surface area contributed by atoms with E-state index in [0.29, 0.717) is 5.41 Å². The van der Waals surface area contributed by atoms with Gasteiger partial charge in [0.05, 0.1) is 6.61 Å². The largest absolute Gasteiger partial charge is 0.383 e. The lowest BCUT2D eigenvalue weighted by Gasteiger charge is -2.32.